The Kier molecular flexibility index (Phi) is 2.50. The third-order valence-corrected chi connectivity index (χ3v) is 1.69. The van der Waals surface area contributed by atoms with E-state index in [4.69, 9.17) is 4.52 Å². The fourth-order valence-electron chi connectivity index (χ4n) is 1.04. The molecule has 0 atom stereocenters. The van der Waals surface area contributed by atoms with Crippen LogP contribution in [0.1, 0.15) is 11.7 Å². The molecule has 0 saturated heterocycles. The number of nitrogens with zero attached hydrogens (tertiary/aromatic N) is 3. The number of rotatable bonds is 3. The smallest absolute Gasteiger partial charge is 0.342 e. The summed E-state index contributed by atoms with van der Waals surface area (Å²) in [6.45, 7) is 1.83. The van der Waals surface area contributed by atoms with Crippen LogP contribution in [0, 0.1) is 6.92 Å². The Bertz CT molecular complexity index is 596. The zero-order valence-electron chi connectivity index (χ0n) is 8.27. The number of hydrogen-bond acceptors (Lipinski definition) is 7. The lowest BCUT2D eigenvalue weighted by molar-refractivity contribution is 0.379. The summed E-state index contributed by atoms with van der Waals surface area (Å²) in [5.41, 5.74) is -1.27. The molecular weight excluding hydrogens is 216 g/mol. The molecule has 0 radical (unpaired) electrons. The first kappa shape index (κ1) is 10.1. The van der Waals surface area contributed by atoms with Crippen LogP contribution in [-0.2, 0) is 6.54 Å². The molecule has 16 heavy (non-hydrogen) atoms. The van der Waals surface area contributed by atoms with E-state index < -0.39 is 11.2 Å². The number of H-pyrrole nitrogens is 2. The van der Waals surface area contributed by atoms with Gasteiger partial charge in [-0.2, -0.15) is 4.98 Å². The molecule has 84 valence electrons. The first-order valence-electron chi connectivity index (χ1n) is 4.37. The molecule has 9 nitrogen and oxygen atoms in total. The summed E-state index contributed by atoms with van der Waals surface area (Å²) in [5.74, 6) is 0.806. The van der Waals surface area contributed by atoms with E-state index in [0.717, 1.165) is 0 Å². The highest BCUT2D eigenvalue weighted by Gasteiger charge is 2.05. The molecular formula is C7H8N6O3. The van der Waals surface area contributed by atoms with Gasteiger partial charge in [0, 0.05) is 0 Å². The van der Waals surface area contributed by atoms with Crippen molar-refractivity contribution in [3.8, 4) is 0 Å². The molecule has 0 fully saturated rings. The molecule has 2 rings (SSSR count). The summed E-state index contributed by atoms with van der Waals surface area (Å²) >= 11 is 0. The van der Waals surface area contributed by atoms with Crippen LogP contribution in [0.3, 0.4) is 0 Å². The maximum absolute atomic E-state index is 11.2. The van der Waals surface area contributed by atoms with Crippen LogP contribution in [0.2, 0.25) is 0 Å². The Labute approximate surface area is 87.9 Å². The average Bonchev–Trinajstić information content (AvgIpc) is 2.63. The van der Waals surface area contributed by atoms with Crippen molar-refractivity contribution in [2.75, 3.05) is 5.32 Å². The van der Waals surface area contributed by atoms with Gasteiger partial charge in [-0.05, 0) is 6.92 Å². The van der Waals surface area contributed by atoms with Crippen molar-refractivity contribution in [2.45, 2.75) is 13.5 Å². The standard InChI is InChI=1S/C7H8N6O3/c1-3-9-4(16-13-3)2-8-5-6(14)10-7(15)12-11-5/h2H2,1H3,(H,8,11)(H2,10,12,14,15). The minimum atomic E-state index is -0.663. The molecule has 0 aliphatic carbocycles. The monoisotopic (exact) mass is 224 g/mol. The van der Waals surface area contributed by atoms with Crippen LogP contribution >= 0.6 is 0 Å². The SMILES string of the molecule is Cc1noc(CNc2n[nH]c(=O)[nH]c2=O)n1. The van der Waals surface area contributed by atoms with Gasteiger partial charge < -0.3 is 9.84 Å². The van der Waals surface area contributed by atoms with Gasteiger partial charge in [-0.1, -0.05) is 5.16 Å². The summed E-state index contributed by atoms with van der Waals surface area (Å²) in [5, 5.41) is 11.8. The lowest BCUT2D eigenvalue weighted by Crippen LogP contribution is -2.26. The predicted molar refractivity (Wildman–Crippen MR) is 51.8 cm³/mol. The van der Waals surface area contributed by atoms with Gasteiger partial charge in [0.15, 0.2) is 5.82 Å². The van der Waals surface area contributed by atoms with Crippen molar-refractivity contribution in [1.82, 2.24) is 25.3 Å². The molecule has 0 bridgehead atoms. The van der Waals surface area contributed by atoms with Crippen molar-refractivity contribution in [3.05, 3.63) is 32.6 Å². The molecule has 0 amide bonds. The van der Waals surface area contributed by atoms with E-state index in [1.54, 1.807) is 6.92 Å². The molecule has 0 saturated carbocycles. The van der Waals surface area contributed by atoms with Crippen molar-refractivity contribution in [1.29, 1.82) is 0 Å². The highest BCUT2D eigenvalue weighted by atomic mass is 16.5. The lowest BCUT2D eigenvalue weighted by atomic mass is 10.6. The highest BCUT2D eigenvalue weighted by Crippen LogP contribution is 1.98. The number of nitrogens with one attached hydrogen (secondary N) is 3. The van der Waals surface area contributed by atoms with Crippen LogP contribution in [0.4, 0.5) is 5.82 Å². The number of anilines is 1. The fraction of sp³-hybridized carbons (Fsp3) is 0.286. The first-order chi connectivity index (χ1) is 7.65. The van der Waals surface area contributed by atoms with E-state index >= 15 is 0 Å². The fourth-order valence-corrected chi connectivity index (χ4v) is 1.04. The lowest BCUT2D eigenvalue weighted by Gasteiger charge is -1.98. The molecule has 0 unspecified atom stereocenters. The van der Waals surface area contributed by atoms with E-state index in [2.05, 4.69) is 25.7 Å². The predicted octanol–water partition coefficient (Wildman–Crippen LogP) is -1.24. The number of aromatic nitrogens is 5. The third-order valence-electron chi connectivity index (χ3n) is 1.69. The van der Waals surface area contributed by atoms with Crippen LogP contribution in [-0.4, -0.2) is 25.3 Å². The Morgan fingerprint density at radius 3 is 2.88 bits per heavy atom. The zero-order chi connectivity index (χ0) is 11.5. The second kappa shape index (κ2) is 3.96. The van der Waals surface area contributed by atoms with E-state index in [9.17, 15) is 9.59 Å². The van der Waals surface area contributed by atoms with Gasteiger partial charge in [0.2, 0.25) is 11.7 Å². The van der Waals surface area contributed by atoms with Gasteiger partial charge in [-0.15, -0.1) is 5.10 Å². The minimum Gasteiger partial charge on any atom is -0.355 e. The number of hydrogen-bond donors (Lipinski definition) is 3. The molecule has 0 spiro atoms. The molecule has 9 heteroatoms. The Morgan fingerprint density at radius 2 is 2.25 bits per heavy atom. The molecule has 3 N–H and O–H groups in total. The Balaban J connectivity index is 2.10. The summed E-state index contributed by atoms with van der Waals surface area (Å²) in [7, 11) is 0. The van der Waals surface area contributed by atoms with Crippen molar-refractivity contribution in [3.63, 3.8) is 0 Å². The summed E-state index contributed by atoms with van der Waals surface area (Å²) in [6, 6.07) is 0. The maximum Gasteiger partial charge on any atom is 0.342 e. The summed E-state index contributed by atoms with van der Waals surface area (Å²) in [6.07, 6.45) is 0. The van der Waals surface area contributed by atoms with Crippen LogP contribution in [0.25, 0.3) is 0 Å². The number of aromatic amines is 2. The summed E-state index contributed by atoms with van der Waals surface area (Å²) in [4.78, 5) is 27.8. The van der Waals surface area contributed by atoms with Gasteiger partial charge in [-0.25, -0.2) is 9.89 Å². The van der Waals surface area contributed by atoms with Crippen LogP contribution in [0.5, 0.6) is 0 Å². The van der Waals surface area contributed by atoms with E-state index in [1.807, 2.05) is 4.98 Å². The molecule has 0 aromatic carbocycles. The van der Waals surface area contributed by atoms with E-state index in [0.29, 0.717) is 11.7 Å². The van der Waals surface area contributed by atoms with Crippen molar-refractivity contribution in [2.24, 2.45) is 0 Å². The van der Waals surface area contributed by atoms with Crippen LogP contribution in [0.15, 0.2) is 14.1 Å². The largest absolute Gasteiger partial charge is 0.355 e. The second-order valence-electron chi connectivity index (χ2n) is 2.94. The van der Waals surface area contributed by atoms with Gasteiger partial charge in [0.05, 0.1) is 6.54 Å². The zero-order valence-corrected chi connectivity index (χ0v) is 8.27. The normalized spacial score (nSPS) is 10.3. The van der Waals surface area contributed by atoms with Gasteiger partial charge >= 0.3 is 5.69 Å². The van der Waals surface area contributed by atoms with Crippen LogP contribution < -0.4 is 16.6 Å². The Hall–Kier alpha value is -2.45. The Morgan fingerprint density at radius 1 is 1.44 bits per heavy atom. The van der Waals surface area contributed by atoms with Gasteiger partial charge in [0.1, 0.15) is 0 Å². The molecule has 2 heterocycles. The molecule has 2 aromatic heterocycles. The van der Waals surface area contributed by atoms with E-state index in [-0.39, 0.29) is 12.4 Å². The third kappa shape index (κ3) is 2.13. The maximum atomic E-state index is 11.2. The molecule has 2 aromatic rings. The summed E-state index contributed by atoms with van der Waals surface area (Å²) < 4.78 is 4.81. The quantitative estimate of drug-likeness (QED) is 0.594. The van der Waals surface area contributed by atoms with Gasteiger partial charge in [0.25, 0.3) is 5.56 Å². The van der Waals surface area contributed by atoms with Gasteiger partial charge in [-0.3, -0.25) is 9.78 Å². The second-order valence-corrected chi connectivity index (χ2v) is 2.94. The topological polar surface area (TPSA) is 130 Å². The molecule has 0 aliphatic heterocycles. The molecule has 0 aliphatic rings. The highest BCUT2D eigenvalue weighted by molar-refractivity contribution is 5.28. The van der Waals surface area contributed by atoms with E-state index in [1.165, 1.54) is 0 Å². The van der Waals surface area contributed by atoms with Crippen molar-refractivity contribution >= 4 is 5.82 Å². The number of aryl methyl sites for hydroxylation is 1. The first-order valence-corrected chi connectivity index (χ1v) is 4.37. The average molecular weight is 224 g/mol. The van der Waals surface area contributed by atoms with Crippen molar-refractivity contribution < 1.29 is 4.52 Å². The minimum absolute atomic E-state index is 0.0181.